The SMILES string of the molecule is O=C(O)c1ccc(C2CCC2)nc1N1CCCC(F)(F)CC1. The van der Waals surface area contributed by atoms with E-state index in [2.05, 4.69) is 4.98 Å². The average Bonchev–Trinajstić information content (AvgIpc) is 2.57. The molecule has 1 aromatic heterocycles. The van der Waals surface area contributed by atoms with Crippen LogP contribution in [0.25, 0.3) is 0 Å². The second-order valence-corrected chi connectivity index (χ2v) is 6.24. The third-order valence-electron chi connectivity index (χ3n) is 4.67. The fourth-order valence-electron chi connectivity index (χ4n) is 3.08. The molecule has 1 aliphatic heterocycles. The van der Waals surface area contributed by atoms with Crippen LogP contribution < -0.4 is 4.90 Å². The van der Waals surface area contributed by atoms with Gasteiger partial charge in [-0.1, -0.05) is 6.42 Å². The highest BCUT2D eigenvalue weighted by Gasteiger charge is 2.33. The molecule has 0 atom stereocenters. The maximum atomic E-state index is 13.5. The van der Waals surface area contributed by atoms with Crippen LogP contribution in [0.3, 0.4) is 0 Å². The first-order valence-electron chi connectivity index (χ1n) is 7.83. The number of hydrogen-bond donors (Lipinski definition) is 1. The van der Waals surface area contributed by atoms with Crippen LogP contribution in [0.5, 0.6) is 0 Å². The van der Waals surface area contributed by atoms with Gasteiger partial charge in [-0.15, -0.1) is 0 Å². The molecule has 0 aromatic carbocycles. The van der Waals surface area contributed by atoms with E-state index in [1.807, 2.05) is 0 Å². The maximum absolute atomic E-state index is 13.5. The summed E-state index contributed by atoms with van der Waals surface area (Å²) in [5.41, 5.74) is 0.996. The maximum Gasteiger partial charge on any atom is 0.339 e. The minimum atomic E-state index is -2.66. The van der Waals surface area contributed by atoms with E-state index in [1.165, 1.54) is 0 Å². The third-order valence-corrected chi connectivity index (χ3v) is 4.67. The van der Waals surface area contributed by atoms with Crippen molar-refractivity contribution in [1.82, 2.24) is 4.98 Å². The van der Waals surface area contributed by atoms with Crippen LogP contribution in [-0.4, -0.2) is 35.1 Å². The van der Waals surface area contributed by atoms with Gasteiger partial charge in [-0.05, 0) is 31.4 Å². The molecule has 3 rings (SSSR count). The predicted molar refractivity (Wildman–Crippen MR) is 78.8 cm³/mol. The van der Waals surface area contributed by atoms with Gasteiger partial charge >= 0.3 is 5.97 Å². The van der Waals surface area contributed by atoms with E-state index in [1.54, 1.807) is 17.0 Å². The lowest BCUT2D eigenvalue weighted by Gasteiger charge is -2.28. The van der Waals surface area contributed by atoms with Gasteiger partial charge < -0.3 is 10.0 Å². The Balaban J connectivity index is 1.90. The predicted octanol–water partition coefficient (Wildman–Crippen LogP) is 3.67. The van der Waals surface area contributed by atoms with E-state index in [4.69, 9.17) is 0 Å². The quantitative estimate of drug-likeness (QED) is 0.925. The number of anilines is 1. The van der Waals surface area contributed by atoms with Crippen molar-refractivity contribution >= 4 is 11.8 Å². The first-order valence-corrected chi connectivity index (χ1v) is 7.83. The number of halogens is 2. The van der Waals surface area contributed by atoms with Gasteiger partial charge in [0.25, 0.3) is 0 Å². The second kappa shape index (κ2) is 5.82. The summed E-state index contributed by atoms with van der Waals surface area (Å²) in [6.45, 7) is 0.575. The molecule has 2 aliphatic rings. The number of carbonyl (C=O) groups is 1. The van der Waals surface area contributed by atoms with Gasteiger partial charge in [0, 0.05) is 37.5 Å². The number of rotatable bonds is 3. The van der Waals surface area contributed by atoms with Crippen LogP contribution in [0.15, 0.2) is 12.1 Å². The van der Waals surface area contributed by atoms with Gasteiger partial charge in [-0.2, -0.15) is 0 Å². The standard InChI is InChI=1S/C16H20F2N2O2/c17-16(18)7-2-9-20(10-8-16)14-12(15(21)22)5-6-13(19-14)11-3-1-4-11/h5-6,11H,1-4,7-10H2,(H,21,22). The van der Waals surface area contributed by atoms with Crippen molar-refractivity contribution in [2.75, 3.05) is 18.0 Å². The number of hydrogen-bond acceptors (Lipinski definition) is 3. The molecule has 6 heteroatoms. The van der Waals surface area contributed by atoms with Crippen LogP contribution >= 0.6 is 0 Å². The van der Waals surface area contributed by atoms with Gasteiger partial charge in [-0.3, -0.25) is 0 Å². The Morgan fingerprint density at radius 2 is 2.00 bits per heavy atom. The summed E-state index contributed by atoms with van der Waals surface area (Å²) >= 11 is 0. The molecule has 1 aliphatic carbocycles. The van der Waals surface area contributed by atoms with E-state index in [0.29, 0.717) is 24.7 Å². The summed E-state index contributed by atoms with van der Waals surface area (Å²) in [4.78, 5) is 17.7. The number of aromatic carboxylic acids is 1. The lowest BCUT2D eigenvalue weighted by atomic mass is 9.82. The Morgan fingerprint density at radius 1 is 1.23 bits per heavy atom. The van der Waals surface area contributed by atoms with E-state index < -0.39 is 11.9 Å². The lowest BCUT2D eigenvalue weighted by molar-refractivity contribution is -0.0102. The van der Waals surface area contributed by atoms with Gasteiger partial charge in [-0.25, -0.2) is 18.6 Å². The monoisotopic (exact) mass is 310 g/mol. The zero-order valence-corrected chi connectivity index (χ0v) is 12.4. The first kappa shape index (κ1) is 15.2. The molecule has 0 unspecified atom stereocenters. The molecule has 4 nitrogen and oxygen atoms in total. The van der Waals surface area contributed by atoms with Gasteiger partial charge in [0.1, 0.15) is 11.4 Å². The summed E-state index contributed by atoms with van der Waals surface area (Å²) in [6, 6.07) is 3.34. The minimum Gasteiger partial charge on any atom is -0.478 e. The van der Waals surface area contributed by atoms with Gasteiger partial charge in [0.15, 0.2) is 0 Å². The highest BCUT2D eigenvalue weighted by atomic mass is 19.3. The molecule has 2 heterocycles. The molecule has 1 saturated heterocycles. The molecule has 0 bridgehead atoms. The van der Waals surface area contributed by atoms with Gasteiger partial charge in [0.2, 0.25) is 5.92 Å². The van der Waals surface area contributed by atoms with Crippen molar-refractivity contribution in [2.24, 2.45) is 0 Å². The summed E-state index contributed by atoms with van der Waals surface area (Å²) in [5.74, 6) is -2.98. The molecule has 0 radical (unpaired) electrons. The number of alkyl halides is 2. The van der Waals surface area contributed by atoms with Crippen LogP contribution in [-0.2, 0) is 0 Å². The Morgan fingerprint density at radius 3 is 2.64 bits per heavy atom. The second-order valence-electron chi connectivity index (χ2n) is 6.24. The summed E-state index contributed by atoms with van der Waals surface area (Å²) in [7, 11) is 0. The van der Waals surface area contributed by atoms with Crippen molar-refractivity contribution in [3.8, 4) is 0 Å². The van der Waals surface area contributed by atoms with E-state index in [0.717, 1.165) is 25.0 Å². The summed E-state index contributed by atoms with van der Waals surface area (Å²) in [6.07, 6.45) is 3.25. The Hall–Kier alpha value is -1.72. The van der Waals surface area contributed by atoms with Crippen LogP contribution in [0.1, 0.15) is 60.5 Å². The number of pyridine rings is 1. The van der Waals surface area contributed by atoms with E-state index in [-0.39, 0.29) is 24.9 Å². The highest BCUT2D eigenvalue weighted by molar-refractivity contribution is 5.93. The zero-order chi connectivity index (χ0) is 15.7. The topological polar surface area (TPSA) is 53.4 Å². The molecule has 0 spiro atoms. The van der Waals surface area contributed by atoms with Crippen molar-refractivity contribution in [2.45, 2.75) is 50.4 Å². The molecule has 0 amide bonds. The summed E-state index contributed by atoms with van der Waals surface area (Å²) < 4.78 is 27.0. The van der Waals surface area contributed by atoms with Crippen LogP contribution in [0.2, 0.25) is 0 Å². The van der Waals surface area contributed by atoms with Crippen molar-refractivity contribution in [3.05, 3.63) is 23.4 Å². The Labute approximate surface area is 128 Å². The molecule has 1 saturated carbocycles. The minimum absolute atomic E-state index is 0.105. The fraction of sp³-hybridized carbons (Fsp3) is 0.625. The molecule has 120 valence electrons. The number of nitrogens with zero attached hydrogens (tertiary/aromatic N) is 2. The largest absolute Gasteiger partial charge is 0.478 e. The van der Waals surface area contributed by atoms with Gasteiger partial charge in [0.05, 0.1) is 0 Å². The zero-order valence-electron chi connectivity index (χ0n) is 12.4. The lowest BCUT2D eigenvalue weighted by Crippen LogP contribution is -2.29. The average molecular weight is 310 g/mol. The molecule has 2 fully saturated rings. The number of aromatic nitrogens is 1. The van der Waals surface area contributed by atoms with Crippen LogP contribution in [0.4, 0.5) is 14.6 Å². The number of carboxylic acid groups (broad SMARTS) is 1. The third kappa shape index (κ3) is 3.05. The molecule has 22 heavy (non-hydrogen) atoms. The number of carboxylic acids is 1. The van der Waals surface area contributed by atoms with E-state index in [9.17, 15) is 18.7 Å². The van der Waals surface area contributed by atoms with Crippen molar-refractivity contribution < 1.29 is 18.7 Å². The normalized spacial score (nSPS) is 22.0. The smallest absolute Gasteiger partial charge is 0.339 e. The molecule has 1 N–H and O–H groups in total. The van der Waals surface area contributed by atoms with E-state index >= 15 is 0 Å². The van der Waals surface area contributed by atoms with Crippen LogP contribution in [0, 0.1) is 0 Å². The van der Waals surface area contributed by atoms with Crippen molar-refractivity contribution in [1.29, 1.82) is 0 Å². The Kier molecular flexibility index (Phi) is 4.02. The Bertz CT molecular complexity index is 573. The molecular weight excluding hydrogens is 290 g/mol. The molecular formula is C16H20F2N2O2. The molecule has 1 aromatic rings. The fourth-order valence-corrected chi connectivity index (χ4v) is 3.08. The highest BCUT2D eigenvalue weighted by Crippen LogP contribution is 2.37. The van der Waals surface area contributed by atoms with Crippen molar-refractivity contribution in [3.63, 3.8) is 0 Å². The summed E-state index contributed by atoms with van der Waals surface area (Å²) in [5, 5.41) is 9.36. The first-order chi connectivity index (χ1) is 10.5.